The Bertz CT molecular complexity index is 1020. The van der Waals surface area contributed by atoms with E-state index in [-0.39, 0.29) is 11.5 Å². The molecular formula is C24H30N4O. The summed E-state index contributed by atoms with van der Waals surface area (Å²) >= 11 is 0. The minimum atomic E-state index is -0.589. The molecule has 3 aromatic rings. The number of aliphatic hydroxyl groups excluding tert-OH is 1. The van der Waals surface area contributed by atoms with Crippen LogP contribution >= 0.6 is 0 Å². The molecule has 0 fully saturated rings. The summed E-state index contributed by atoms with van der Waals surface area (Å²) in [5.41, 5.74) is 6.24. The molecule has 0 radical (unpaired) electrons. The second kappa shape index (κ2) is 7.30. The lowest BCUT2D eigenvalue weighted by Gasteiger charge is -2.36. The number of hydrogen-bond donors (Lipinski definition) is 1. The number of benzene rings is 2. The van der Waals surface area contributed by atoms with Crippen molar-refractivity contribution in [1.29, 1.82) is 0 Å². The summed E-state index contributed by atoms with van der Waals surface area (Å²) in [5, 5.41) is 20.3. The van der Waals surface area contributed by atoms with Gasteiger partial charge in [-0.3, -0.25) is 0 Å². The predicted molar refractivity (Wildman–Crippen MR) is 118 cm³/mol. The van der Waals surface area contributed by atoms with E-state index in [0.29, 0.717) is 13.0 Å². The number of hydrogen-bond acceptors (Lipinski definition) is 4. The monoisotopic (exact) mass is 390 g/mol. The van der Waals surface area contributed by atoms with Gasteiger partial charge in [0.2, 0.25) is 0 Å². The summed E-state index contributed by atoms with van der Waals surface area (Å²) in [4.78, 5) is 2.13. The van der Waals surface area contributed by atoms with Gasteiger partial charge in [-0.15, -0.1) is 5.10 Å². The van der Waals surface area contributed by atoms with Crippen LogP contribution in [0.4, 0.5) is 5.69 Å². The molecule has 5 nitrogen and oxygen atoms in total. The zero-order valence-corrected chi connectivity index (χ0v) is 17.9. The number of para-hydroxylation sites is 1. The zero-order valence-electron chi connectivity index (χ0n) is 17.9. The van der Waals surface area contributed by atoms with E-state index in [1.807, 2.05) is 28.9 Å². The van der Waals surface area contributed by atoms with Gasteiger partial charge in [0.1, 0.15) is 11.9 Å². The third-order valence-electron chi connectivity index (χ3n) is 5.42. The summed E-state index contributed by atoms with van der Waals surface area (Å²) in [6.07, 6.45) is 0.0899. The maximum absolute atomic E-state index is 11.3. The largest absolute Gasteiger partial charge is 0.374 e. The average Bonchev–Trinajstić information content (AvgIpc) is 3.08. The Hall–Kier alpha value is -2.66. The van der Waals surface area contributed by atoms with Gasteiger partial charge in [0.25, 0.3) is 0 Å². The van der Waals surface area contributed by atoms with Crippen LogP contribution in [-0.4, -0.2) is 26.3 Å². The van der Waals surface area contributed by atoms with Crippen LogP contribution in [0.2, 0.25) is 0 Å². The molecule has 0 spiro atoms. The van der Waals surface area contributed by atoms with E-state index in [0.717, 1.165) is 33.8 Å². The Kier molecular flexibility index (Phi) is 4.95. The van der Waals surface area contributed by atoms with E-state index < -0.39 is 6.23 Å². The van der Waals surface area contributed by atoms with Gasteiger partial charge in [0, 0.05) is 29.4 Å². The van der Waals surface area contributed by atoms with Crippen LogP contribution in [0.3, 0.4) is 0 Å². The van der Waals surface area contributed by atoms with Crippen LogP contribution in [0.15, 0.2) is 48.5 Å². The summed E-state index contributed by atoms with van der Waals surface area (Å²) in [7, 11) is 0. The molecule has 1 aliphatic rings. The third kappa shape index (κ3) is 3.67. The van der Waals surface area contributed by atoms with E-state index >= 15 is 0 Å². The lowest BCUT2D eigenvalue weighted by molar-refractivity contribution is 0.115. The van der Waals surface area contributed by atoms with Crippen molar-refractivity contribution in [1.82, 2.24) is 15.0 Å². The van der Waals surface area contributed by atoms with E-state index in [1.54, 1.807) is 0 Å². The lowest BCUT2D eigenvalue weighted by Crippen LogP contribution is -2.38. The molecule has 1 unspecified atom stereocenters. The molecule has 0 saturated carbocycles. The van der Waals surface area contributed by atoms with Crippen molar-refractivity contribution in [3.05, 3.63) is 54.1 Å². The summed E-state index contributed by atoms with van der Waals surface area (Å²) in [6, 6.07) is 16.8. The number of nitrogens with zero attached hydrogens (tertiary/aromatic N) is 4. The fraction of sp³-hybridized carbons (Fsp3) is 0.417. The molecule has 2 aromatic carbocycles. The molecule has 5 heteroatoms. The Morgan fingerprint density at radius 1 is 1.00 bits per heavy atom. The van der Waals surface area contributed by atoms with E-state index in [9.17, 15) is 5.11 Å². The van der Waals surface area contributed by atoms with Gasteiger partial charge in [-0.25, -0.2) is 4.68 Å². The van der Waals surface area contributed by atoms with Crippen molar-refractivity contribution < 1.29 is 5.11 Å². The highest BCUT2D eigenvalue weighted by atomic mass is 16.3. The summed E-state index contributed by atoms with van der Waals surface area (Å²) in [6.45, 7) is 11.4. The van der Waals surface area contributed by atoms with Crippen LogP contribution < -0.4 is 4.90 Å². The molecule has 0 amide bonds. The highest BCUT2D eigenvalue weighted by Gasteiger charge is 2.30. The second-order valence-corrected chi connectivity index (χ2v) is 9.37. The topological polar surface area (TPSA) is 54.2 Å². The zero-order chi connectivity index (χ0) is 20.8. The van der Waals surface area contributed by atoms with Crippen LogP contribution in [0.1, 0.15) is 52.6 Å². The second-order valence-electron chi connectivity index (χ2n) is 9.37. The van der Waals surface area contributed by atoms with E-state index in [1.165, 1.54) is 0 Å². The molecule has 0 bridgehead atoms. The van der Waals surface area contributed by atoms with Crippen LogP contribution in [-0.2, 0) is 6.54 Å². The molecule has 1 atom stereocenters. The van der Waals surface area contributed by atoms with Crippen LogP contribution in [0.5, 0.6) is 0 Å². The molecule has 1 N–H and O–H groups in total. The van der Waals surface area contributed by atoms with Gasteiger partial charge in [-0.2, -0.15) is 0 Å². The number of rotatable bonds is 3. The molecule has 0 aliphatic carbocycles. The molecule has 2 heterocycles. The van der Waals surface area contributed by atoms with Crippen molar-refractivity contribution in [3.63, 3.8) is 0 Å². The van der Waals surface area contributed by atoms with Crippen LogP contribution in [0, 0.1) is 5.41 Å². The minimum Gasteiger partial charge on any atom is -0.374 e. The molecule has 4 rings (SSSR count). The summed E-state index contributed by atoms with van der Waals surface area (Å²) < 4.78 is 1.99. The van der Waals surface area contributed by atoms with Gasteiger partial charge in [-0.05, 0) is 37.3 Å². The number of aromatic nitrogens is 3. The Labute approximate surface area is 173 Å². The van der Waals surface area contributed by atoms with Gasteiger partial charge >= 0.3 is 0 Å². The van der Waals surface area contributed by atoms with Crippen molar-refractivity contribution in [2.75, 3.05) is 4.90 Å². The normalized spacial score (nSPS) is 14.7. The van der Waals surface area contributed by atoms with Crippen molar-refractivity contribution in [2.24, 2.45) is 5.41 Å². The van der Waals surface area contributed by atoms with Crippen molar-refractivity contribution >= 4 is 5.69 Å². The fourth-order valence-corrected chi connectivity index (χ4v) is 4.09. The first kappa shape index (κ1) is 19.6. The van der Waals surface area contributed by atoms with Crippen LogP contribution in [0.25, 0.3) is 22.5 Å². The number of anilines is 1. The molecule has 1 aliphatic heterocycles. The average molecular weight is 391 g/mol. The minimum absolute atomic E-state index is 0.0165. The SMILES string of the molecule is CC(C)n1nnc2c1-c1ccccc1N(C(O)CC(C)(C)C)Cc1ccccc1-2. The first-order valence-electron chi connectivity index (χ1n) is 10.3. The highest BCUT2D eigenvalue weighted by molar-refractivity contribution is 5.88. The first-order valence-corrected chi connectivity index (χ1v) is 10.3. The molecule has 1 aromatic heterocycles. The van der Waals surface area contributed by atoms with Gasteiger partial charge in [-0.1, -0.05) is 68.4 Å². The van der Waals surface area contributed by atoms with Gasteiger partial charge < -0.3 is 10.0 Å². The standard InChI is InChI=1S/C24H30N4O/c1-16(2)28-23-19-12-8-9-13-20(19)27(21(29)14-24(3,4)5)15-17-10-6-7-11-18(17)22(23)25-26-28/h6-13,16,21,29H,14-15H2,1-5H3. The lowest BCUT2D eigenvalue weighted by atomic mass is 9.89. The van der Waals surface area contributed by atoms with Gasteiger partial charge in [0.05, 0.1) is 5.69 Å². The maximum Gasteiger partial charge on any atom is 0.127 e. The molecule has 0 saturated heterocycles. The van der Waals surface area contributed by atoms with Crippen molar-refractivity contribution in [2.45, 2.75) is 59.9 Å². The smallest absolute Gasteiger partial charge is 0.127 e. The Morgan fingerprint density at radius 3 is 2.34 bits per heavy atom. The summed E-state index contributed by atoms with van der Waals surface area (Å²) in [5.74, 6) is 0. The van der Waals surface area contributed by atoms with E-state index in [2.05, 4.69) is 74.1 Å². The first-order chi connectivity index (χ1) is 13.8. The fourth-order valence-electron chi connectivity index (χ4n) is 4.09. The van der Waals surface area contributed by atoms with Crippen molar-refractivity contribution in [3.8, 4) is 22.5 Å². The molecule has 29 heavy (non-hydrogen) atoms. The Morgan fingerprint density at radius 2 is 1.66 bits per heavy atom. The highest BCUT2D eigenvalue weighted by Crippen LogP contribution is 2.43. The number of fused-ring (bicyclic) bond motifs is 5. The predicted octanol–water partition coefficient (Wildman–Crippen LogP) is 5.27. The van der Waals surface area contributed by atoms with Gasteiger partial charge in [0.15, 0.2) is 0 Å². The van der Waals surface area contributed by atoms with E-state index in [4.69, 9.17) is 0 Å². The molecule has 152 valence electrons. The maximum atomic E-state index is 11.3. The quantitative estimate of drug-likeness (QED) is 0.662. The Balaban J connectivity index is 1.98. The number of aliphatic hydroxyl groups is 1. The molecular weight excluding hydrogens is 360 g/mol. The third-order valence-corrected chi connectivity index (χ3v) is 5.42.